The Balaban J connectivity index is 2.87. The van der Waals surface area contributed by atoms with Crippen molar-refractivity contribution in [1.82, 2.24) is 0 Å². The van der Waals surface area contributed by atoms with E-state index in [0.717, 1.165) is 5.56 Å². The van der Waals surface area contributed by atoms with Crippen LogP contribution >= 0.6 is 0 Å². The van der Waals surface area contributed by atoms with E-state index < -0.39 is 0 Å². The first-order valence-electron chi connectivity index (χ1n) is 4.43. The zero-order valence-electron chi connectivity index (χ0n) is 8.05. The van der Waals surface area contributed by atoms with Gasteiger partial charge in [-0.2, -0.15) is 0 Å². The second-order valence-electron chi connectivity index (χ2n) is 3.86. The summed E-state index contributed by atoms with van der Waals surface area (Å²) in [6.45, 7) is 4.23. The highest BCUT2D eigenvalue weighted by Crippen LogP contribution is 2.26. The Hall–Kier alpha value is -0.890. The van der Waals surface area contributed by atoms with Gasteiger partial charge in [-0.05, 0) is 29.5 Å². The number of hydrogen-bond acceptors (Lipinski definition) is 1. The summed E-state index contributed by atoms with van der Waals surface area (Å²) in [5.41, 5.74) is 0.977. The molecule has 0 saturated carbocycles. The molecule has 1 aromatic carbocycles. The van der Waals surface area contributed by atoms with Gasteiger partial charge in [0.05, 0.1) is 0 Å². The third-order valence-corrected chi connectivity index (χ3v) is 2.36. The van der Waals surface area contributed by atoms with E-state index in [4.69, 9.17) is 5.11 Å². The van der Waals surface area contributed by atoms with Crippen LogP contribution in [0.25, 0.3) is 0 Å². The number of benzene rings is 1. The van der Waals surface area contributed by atoms with Gasteiger partial charge >= 0.3 is 0 Å². The van der Waals surface area contributed by atoms with E-state index in [2.05, 4.69) is 0 Å². The Morgan fingerprint density at radius 3 is 2.23 bits per heavy atom. The Bertz CT molecular complexity index is 264. The van der Waals surface area contributed by atoms with Gasteiger partial charge in [-0.3, -0.25) is 0 Å². The first-order chi connectivity index (χ1) is 6.06. The summed E-state index contributed by atoms with van der Waals surface area (Å²) in [7, 11) is 0. The molecule has 0 radical (unpaired) electrons. The van der Waals surface area contributed by atoms with Crippen molar-refractivity contribution >= 4 is 0 Å². The number of aliphatic hydroxyl groups is 1. The minimum atomic E-state index is -0.219. The van der Waals surface area contributed by atoms with Crippen molar-refractivity contribution in [2.24, 2.45) is 0 Å². The van der Waals surface area contributed by atoms with Crippen LogP contribution in [0.3, 0.4) is 0 Å². The highest BCUT2D eigenvalue weighted by atomic mass is 19.1. The van der Waals surface area contributed by atoms with Crippen molar-refractivity contribution in [3.05, 3.63) is 35.6 Å². The highest BCUT2D eigenvalue weighted by molar-refractivity contribution is 5.23. The summed E-state index contributed by atoms with van der Waals surface area (Å²) >= 11 is 0. The van der Waals surface area contributed by atoms with Gasteiger partial charge in [0.15, 0.2) is 0 Å². The molecule has 0 bridgehead atoms. The molecular formula is C11H15FO. The van der Waals surface area contributed by atoms with Gasteiger partial charge in [0.2, 0.25) is 0 Å². The van der Waals surface area contributed by atoms with Crippen LogP contribution in [0.2, 0.25) is 0 Å². The quantitative estimate of drug-likeness (QED) is 0.761. The Morgan fingerprint density at radius 2 is 1.77 bits per heavy atom. The van der Waals surface area contributed by atoms with Crippen LogP contribution in [0.4, 0.5) is 4.39 Å². The third kappa shape index (κ3) is 2.52. The van der Waals surface area contributed by atoms with E-state index in [9.17, 15) is 4.39 Å². The van der Waals surface area contributed by atoms with Crippen LogP contribution in [0.5, 0.6) is 0 Å². The molecule has 72 valence electrons. The summed E-state index contributed by atoms with van der Waals surface area (Å²) in [5, 5.41) is 8.84. The van der Waals surface area contributed by atoms with E-state index in [0.29, 0.717) is 6.42 Å². The molecule has 0 aliphatic heterocycles. The average Bonchev–Trinajstić information content (AvgIpc) is 2.05. The second-order valence-corrected chi connectivity index (χ2v) is 3.86. The molecule has 0 aliphatic carbocycles. The molecule has 1 rings (SSSR count). The standard InChI is InChI=1S/C11H15FO/c1-11(2,7-8-13)9-3-5-10(12)6-4-9/h3-6,13H,7-8H2,1-2H3. The normalized spacial score (nSPS) is 11.7. The van der Waals surface area contributed by atoms with E-state index in [1.165, 1.54) is 12.1 Å². The van der Waals surface area contributed by atoms with Crippen LogP contribution in [0, 0.1) is 5.82 Å². The molecular weight excluding hydrogens is 167 g/mol. The SMILES string of the molecule is CC(C)(CCO)c1ccc(F)cc1. The largest absolute Gasteiger partial charge is 0.396 e. The Labute approximate surface area is 78.2 Å². The second kappa shape index (κ2) is 3.88. The maximum Gasteiger partial charge on any atom is 0.123 e. The predicted molar refractivity (Wildman–Crippen MR) is 51.1 cm³/mol. The monoisotopic (exact) mass is 182 g/mol. The highest BCUT2D eigenvalue weighted by Gasteiger charge is 2.19. The number of hydrogen-bond donors (Lipinski definition) is 1. The van der Waals surface area contributed by atoms with Gasteiger partial charge in [-0.25, -0.2) is 4.39 Å². The fourth-order valence-electron chi connectivity index (χ4n) is 1.32. The van der Waals surface area contributed by atoms with Gasteiger partial charge in [0.1, 0.15) is 5.82 Å². The summed E-state index contributed by atoms with van der Waals surface area (Å²) in [4.78, 5) is 0. The summed E-state index contributed by atoms with van der Waals surface area (Å²) in [6.07, 6.45) is 0.693. The Kier molecular flexibility index (Phi) is 3.04. The zero-order chi connectivity index (χ0) is 9.90. The molecule has 0 amide bonds. The molecule has 1 nitrogen and oxygen atoms in total. The summed E-state index contributed by atoms with van der Waals surface area (Å²) in [6, 6.07) is 6.44. The van der Waals surface area contributed by atoms with Crippen molar-refractivity contribution in [3.8, 4) is 0 Å². The van der Waals surface area contributed by atoms with Crippen LogP contribution in [0.15, 0.2) is 24.3 Å². The molecule has 0 unspecified atom stereocenters. The molecule has 13 heavy (non-hydrogen) atoms. The smallest absolute Gasteiger partial charge is 0.123 e. The summed E-state index contributed by atoms with van der Waals surface area (Å²) in [5.74, 6) is -0.219. The fourth-order valence-corrected chi connectivity index (χ4v) is 1.32. The molecule has 1 N–H and O–H groups in total. The van der Waals surface area contributed by atoms with Crippen molar-refractivity contribution in [1.29, 1.82) is 0 Å². The van der Waals surface area contributed by atoms with Crippen LogP contribution in [-0.4, -0.2) is 11.7 Å². The molecule has 0 aromatic heterocycles. The minimum absolute atomic E-state index is 0.0809. The van der Waals surface area contributed by atoms with Gasteiger partial charge in [-0.15, -0.1) is 0 Å². The third-order valence-electron chi connectivity index (χ3n) is 2.36. The predicted octanol–water partition coefficient (Wildman–Crippen LogP) is 2.49. The van der Waals surface area contributed by atoms with Crippen molar-refractivity contribution in [3.63, 3.8) is 0 Å². The van der Waals surface area contributed by atoms with Gasteiger partial charge in [-0.1, -0.05) is 26.0 Å². The lowest BCUT2D eigenvalue weighted by atomic mass is 9.82. The lowest BCUT2D eigenvalue weighted by Gasteiger charge is -2.23. The molecule has 1 aromatic rings. The van der Waals surface area contributed by atoms with Crippen LogP contribution in [0.1, 0.15) is 25.8 Å². The molecule has 0 spiro atoms. The fraction of sp³-hybridized carbons (Fsp3) is 0.455. The van der Waals surface area contributed by atoms with Gasteiger partial charge in [0.25, 0.3) is 0 Å². The first kappa shape index (κ1) is 10.2. The van der Waals surface area contributed by atoms with E-state index in [1.54, 1.807) is 12.1 Å². The molecule has 2 heteroatoms. The average molecular weight is 182 g/mol. The maximum atomic E-state index is 12.6. The van der Waals surface area contributed by atoms with E-state index >= 15 is 0 Å². The van der Waals surface area contributed by atoms with Crippen LogP contribution in [-0.2, 0) is 5.41 Å². The van der Waals surface area contributed by atoms with Gasteiger partial charge < -0.3 is 5.11 Å². The molecule has 0 saturated heterocycles. The molecule has 0 aliphatic rings. The molecule has 0 atom stereocenters. The number of aliphatic hydroxyl groups excluding tert-OH is 1. The number of halogens is 1. The maximum absolute atomic E-state index is 12.6. The van der Waals surface area contributed by atoms with Crippen molar-refractivity contribution in [2.75, 3.05) is 6.61 Å². The van der Waals surface area contributed by atoms with E-state index in [1.807, 2.05) is 13.8 Å². The van der Waals surface area contributed by atoms with Crippen molar-refractivity contribution in [2.45, 2.75) is 25.7 Å². The molecule has 0 heterocycles. The number of rotatable bonds is 3. The first-order valence-corrected chi connectivity index (χ1v) is 4.43. The topological polar surface area (TPSA) is 20.2 Å². The lowest BCUT2D eigenvalue weighted by molar-refractivity contribution is 0.252. The zero-order valence-corrected chi connectivity index (χ0v) is 8.05. The van der Waals surface area contributed by atoms with Gasteiger partial charge in [0, 0.05) is 6.61 Å². The lowest BCUT2D eigenvalue weighted by Crippen LogP contribution is -2.18. The van der Waals surface area contributed by atoms with Crippen molar-refractivity contribution < 1.29 is 9.50 Å². The molecule has 0 fully saturated rings. The van der Waals surface area contributed by atoms with E-state index in [-0.39, 0.29) is 17.8 Å². The van der Waals surface area contributed by atoms with Crippen LogP contribution < -0.4 is 0 Å². The Morgan fingerprint density at radius 1 is 1.23 bits per heavy atom. The summed E-state index contributed by atoms with van der Waals surface area (Å²) < 4.78 is 12.6. The minimum Gasteiger partial charge on any atom is -0.396 e.